The molecule has 1 aliphatic carbocycles. The summed E-state index contributed by atoms with van der Waals surface area (Å²) in [4.78, 5) is 16.4. The smallest absolute Gasteiger partial charge is 0.236 e. The third kappa shape index (κ3) is 3.00. The normalized spacial score (nSPS) is 35.6. The Bertz CT molecular complexity index is 357. The van der Waals surface area contributed by atoms with E-state index in [9.17, 15) is 9.90 Å². The number of amides is 1. The number of carbonyl (C=O) groups excluding carboxylic acids is 1. The number of morpholine rings is 1. The molecule has 2 saturated heterocycles. The molecular weight excluding hydrogens is 256 g/mol. The van der Waals surface area contributed by atoms with Gasteiger partial charge in [0.2, 0.25) is 5.91 Å². The van der Waals surface area contributed by atoms with Crippen LogP contribution in [0.3, 0.4) is 0 Å². The molecule has 0 aromatic carbocycles. The van der Waals surface area contributed by atoms with Crippen molar-refractivity contribution in [1.82, 2.24) is 9.80 Å². The molecule has 0 spiro atoms. The molecule has 2 atom stereocenters. The summed E-state index contributed by atoms with van der Waals surface area (Å²) >= 11 is 0. The van der Waals surface area contributed by atoms with E-state index in [1.165, 1.54) is 6.42 Å². The third-order valence-corrected chi connectivity index (χ3v) is 5.23. The maximum Gasteiger partial charge on any atom is 0.236 e. The van der Waals surface area contributed by atoms with Crippen LogP contribution in [0.4, 0.5) is 0 Å². The van der Waals surface area contributed by atoms with Gasteiger partial charge in [-0.2, -0.15) is 0 Å². The van der Waals surface area contributed by atoms with Crippen molar-refractivity contribution >= 4 is 5.91 Å². The van der Waals surface area contributed by atoms with Crippen LogP contribution in [0.5, 0.6) is 0 Å². The fraction of sp³-hybridized carbons (Fsp3) is 0.933. The van der Waals surface area contributed by atoms with Gasteiger partial charge in [-0.15, -0.1) is 0 Å². The molecule has 3 rings (SSSR count). The molecular formula is C15H26N2O3. The van der Waals surface area contributed by atoms with E-state index in [-0.39, 0.29) is 5.91 Å². The molecule has 0 radical (unpaired) electrons. The van der Waals surface area contributed by atoms with Crippen LogP contribution in [0.2, 0.25) is 0 Å². The Morgan fingerprint density at radius 2 is 2.00 bits per heavy atom. The molecule has 5 nitrogen and oxygen atoms in total. The van der Waals surface area contributed by atoms with Gasteiger partial charge < -0.3 is 14.7 Å². The summed E-state index contributed by atoms with van der Waals surface area (Å²) in [6.07, 6.45) is 5.26. The van der Waals surface area contributed by atoms with Crippen LogP contribution in [0, 0.1) is 5.92 Å². The van der Waals surface area contributed by atoms with Gasteiger partial charge in [0.15, 0.2) is 0 Å². The maximum absolute atomic E-state index is 12.3. The second-order valence-electron chi connectivity index (χ2n) is 6.52. The summed E-state index contributed by atoms with van der Waals surface area (Å²) in [6, 6.07) is 0. The highest BCUT2D eigenvalue weighted by Gasteiger charge is 2.43. The van der Waals surface area contributed by atoms with E-state index < -0.39 is 5.60 Å². The van der Waals surface area contributed by atoms with Gasteiger partial charge in [0.05, 0.1) is 25.4 Å². The lowest BCUT2D eigenvalue weighted by Crippen LogP contribution is -2.55. The molecule has 0 aromatic heterocycles. The highest BCUT2D eigenvalue weighted by molar-refractivity contribution is 5.78. The molecule has 2 unspecified atom stereocenters. The Kier molecular flexibility index (Phi) is 4.29. The van der Waals surface area contributed by atoms with Crippen LogP contribution < -0.4 is 0 Å². The second-order valence-corrected chi connectivity index (χ2v) is 6.52. The number of hydrogen-bond acceptors (Lipinski definition) is 4. The average Bonchev–Trinajstić information content (AvgIpc) is 2.48. The highest BCUT2D eigenvalue weighted by atomic mass is 16.5. The van der Waals surface area contributed by atoms with Gasteiger partial charge in [-0.05, 0) is 19.3 Å². The summed E-state index contributed by atoms with van der Waals surface area (Å²) < 4.78 is 5.28. The van der Waals surface area contributed by atoms with Crippen molar-refractivity contribution in [1.29, 1.82) is 0 Å². The standard InChI is InChI=1S/C15H26N2O3/c18-14(17-7-9-20-10-8-17)12-16-6-5-15(19)4-2-1-3-13(15)11-16/h13,19H,1-12H2. The third-order valence-electron chi connectivity index (χ3n) is 5.23. The largest absolute Gasteiger partial charge is 0.390 e. The lowest BCUT2D eigenvalue weighted by atomic mass is 9.71. The van der Waals surface area contributed by atoms with E-state index in [4.69, 9.17) is 4.74 Å². The number of piperidine rings is 1. The summed E-state index contributed by atoms with van der Waals surface area (Å²) in [7, 11) is 0. The summed E-state index contributed by atoms with van der Waals surface area (Å²) in [5, 5.41) is 10.7. The molecule has 20 heavy (non-hydrogen) atoms. The molecule has 5 heteroatoms. The van der Waals surface area contributed by atoms with E-state index >= 15 is 0 Å². The maximum atomic E-state index is 12.3. The number of hydrogen-bond donors (Lipinski definition) is 1. The summed E-state index contributed by atoms with van der Waals surface area (Å²) in [5.41, 5.74) is -0.448. The minimum atomic E-state index is -0.448. The van der Waals surface area contributed by atoms with Crippen molar-refractivity contribution in [2.75, 3.05) is 45.9 Å². The molecule has 1 N–H and O–H groups in total. The van der Waals surface area contributed by atoms with Crippen LogP contribution in [0.1, 0.15) is 32.1 Å². The molecule has 3 fully saturated rings. The predicted octanol–water partition coefficient (Wildman–Crippen LogP) is 0.472. The Balaban J connectivity index is 1.52. The quantitative estimate of drug-likeness (QED) is 0.800. The number of nitrogens with zero attached hydrogens (tertiary/aromatic N) is 2. The van der Waals surface area contributed by atoms with Crippen LogP contribution in [-0.4, -0.2) is 72.4 Å². The zero-order chi connectivity index (χ0) is 14.0. The van der Waals surface area contributed by atoms with E-state index in [1.54, 1.807) is 0 Å². The van der Waals surface area contributed by atoms with Gasteiger partial charge in [0, 0.05) is 32.1 Å². The Labute approximate surface area is 120 Å². The van der Waals surface area contributed by atoms with E-state index in [0.717, 1.165) is 51.9 Å². The number of likely N-dealkylation sites (tertiary alicyclic amines) is 1. The first-order valence-corrected chi connectivity index (χ1v) is 7.98. The molecule has 2 heterocycles. The summed E-state index contributed by atoms with van der Waals surface area (Å²) in [5.74, 6) is 0.581. The minimum absolute atomic E-state index is 0.217. The van der Waals surface area contributed by atoms with Gasteiger partial charge in [-0.3, -0.25) is 9.69 Å². The van der Waals surface area contributed by atoms with E-state index in [1.807, 2.05) is 4.90 Å². The minimum Gasteiger partial charge on any atom is -0.390 e. The van der Waals surface area contributed by atoms with Crippen molar-refractivity contribution in [3.05, 3.63) is 0 Å². The van der Waals surface area contributed by atoms with Crippen LogP contribution in [0.15, 0.2) is 0 Å². The monoisotopic (exact) mass is 282 g/mol. The van der Waals surface area contributed by atoms with Crippen molar-refractivity contribution in [3.63, 3.8) is 0 Å². The van der Waals surface area contributed by atoms with Crippen molar-refractivity contribution in [3.8, 4) is 0 Å². The summed E-state index contributed by atoms with van der Waals surface area (Å²) in [6.45, 7) is 5.00. The first-order valence-electron chi connectivity index (χ1n) is 7.98. The molecule has 3 aliphatic rings. The molecule has 2 aliphatic heterocycles. The fourth-order valence-electron chi connectivity index (χ4n) is 3.89. The zero-order valence-electron chi connectivity index (χ0n) is 12.2. The average molecular weight is 282 g/mol. The first-order chi connectivity index (χ1) is 9.67. The van der Waals surface area contributed by atoms with E-state index in [0.29, 0.717) is 25.7 Å². The Morgan fingerprint density at radius 1 is 1.20 bits per heavy atom. The predicted molar refractivity (Wildman–Crippen MR) is 75.4 cm³/mol. The SMILES string of the molecule is O=C(CN1CCC2(O)CCCCC2C1)N1CCOCC1. The molecule has 1 saturated carbocycles. The number of ether oxygens (including phenoxy) is 1. The van der Waals surface area contributed by atoms with Gasteiger partial charge in [0.1, 0.15) is 0 Å². The lowest BCUT2D eigenvalue weighted by Gasteiger charge is -2.47. The Hall–Kier alpha value is -0.650. The van der Waals surface area contributed by atoms with Gasteiger partial charge in [0.25, 0.3) is 0 Å². The number of rotatable bonds is 2. The van der Waals surface area contributed by atoms with Gasteiger partial charge in [-0.25, -0.2) is 0 Å². The van der Waals surface area contributed by atoms with Crippen molar-refractivity contribution in [2.24, 2.45) is 5.92 Å². The van der Waals surface area contributed by atoms with Crippen LogP contribution in [0.25, 0.3) is 0 Å². The van der Waals surface area contributed by atoms with Crippen LogP contribution >= 0.6 is 0 Å². The second kappa shape index (κ2) is 6.00. The highest BCUT2D eigenvalue weighted by Crippen LogP contribution is 2.39. The number of carbonyl (C=O) groups is 1. The molecule has 0 aromatic rings. The molecule has 0 bridgehead atoms. The van der Waals surface area contributed by atoms with Crippen LogP contribution in [-0.2, 0) is 9.53 Å². The van der Waals surface area contributed by atoms with Gasteiger partial charge >= 0.3 is 0 Å². The first kappa shape index (κ1) is 14.3. The molecule has 1 amide bonds. The fourth-order valence-corrected chi connectivity index (χ4v) is 3.89. The number of aliphatic hydroxyl groups is 1. The van der Waals surface area contributed by atoms with Crippen molar-refractivity contribution < 1.29 is 14.6 Å². The lowest BCUT2D eigenvalue weighted by molar-refractivity contribution is -0.140. The van der Waals surface area contributed by atoms with E-state index in [2.05, 4.69) is 4.90 Å². The molecule has 114 valence electrons. The number of fused-ring (bicyclic) bond motifs is 1. The van der Waals surface area contributed by atoms with Crippen molar-refractivity contribution in [2.45, 2.75) is 37.7 Å². The topological polar surface area (TPSA) is 53.0 Å². The zero-order valence-corrected chi connectivity index (χ0v) is 12.2. The van der Waals surface area contributed by atoms with Gasteiger partial charge in [-0.1, -0.05) is 12.8 Å². The Morgan fingerprint density at radius 3 is 2.80 bits per heavy atom.